The quantitative estimate of drug-likeness (QED) is 0.747. The van der Waals surface area contributed by atoms with Gasteiger partial charge in [-0.15, -0.1) is 0 Å². The van der Waals surface area contributed by atoms with Crippen molar-refractivity contribution in [3.8, 4) is 0 Å². The lowest BCUT2D eigenvalue weighted by atomic mass is 9.94. The molecule has 1 N–H and O–H groups in total. The molecule has 0 radical (unpaired) electrons. The number of nitrogens with one attached hydrogen (secondary N) is 1. The fourth-order valence-electron chi connectivity index (χ4n) is 3.67. The second kappa shape index (κ2) is 10.6. The van der Waals surface area contributed by atoms with Crippen LogP contribution in [0.2, 0.25) is 0 Å². The minimum atomic E-state index is 0.194. The van der Waals surface area contributed by atoms with E-state index in [1.54, 1.807) is 0 Å². The second-order valence-electron chi connectivity index (χ2n) is 7.20. The average molecular weight is 346 g/mol. The Morgan fingerprint density at radius 1 is 1.20 bits per heavy atom. The number of likely N-dealkylation sites (N-methyl/N-ethyl adjacent to an activating group) is 1. The molecule has 2 rings (SSSR count). The summed E-state index contributed by atoms with van der Waals surface area (Å²) in [5.74, 6) is 0.989. The van der Waals surface area contributed by atoms with Crippen LogP contribution in [0.15, 0.2) is 30.3 Å². The number of nitrogens with zero attached hydrogens (tertiary/aromatic N) is 2. The van der Waals surface area contributed by atoms with Crippen molar-refractivity contribution < 1.29 is 4.79 Å². The Hall–Kier alpha value is -1.39. The van der Waals surface area contributed by atoms with Gasteiger partial charge in [-0.05, 0) is 50.5 Å². The first-order valence-electron chi connectivity index (χ1n) is 9.91. The van der Waals surface area contributed by atoms with Gasteiger partial charge in [0.05, 0.1) is 0 Å². The van der Waals surface area contributed by atoms with Crippen LogP contribution in [0.5, 0.6) is 0 Å². The summed E-state index contributed by atoms with van der Waals surface area (Å²) in [5.41, 5.74) is 1.40. The van der Waals surface area contributed by atoms with Crippen LogP contribution in [0.4, 0.5) is 0 Å². The molecule has 1 aromatic carbocycles. The number of likely N-dealkylation sites (tertiary alicyclic amines) is 1. The van der Waals surface area contributed by atoms with Crippen molar-refractivity contribution in [3.63, 3.8) is 0 Å². The zero-order chi connectivity index (χ0) is 18.1. The zero-order valence-electron chi connectivity index (χ0n) is 16.2. The summed E-state index contributed by atoms with van der Waals surface area (Å²) >= 11 is 0. The predicted octanol–water partition coefficient (Wildman–Crippen LogP) is 2.96. The van der Waals surface area contributed by atoms with Crippen LogP contribution >= 0.6 is 0 Å². The Labute approximate surface area is 153 Å². The molecular weight excluding hydrogens is 310 g/mol. The van der Waals surface area contributed by atoms with E-state index in [0.717, 1.165) is 58.7 Å². The summed E-state index contributed by atoms with van der Waals surface area (Å²) in [5, 5.41) is 3.13. The first kappa shape index (κ1) is 19.9. The molecule has 4 nitrogen and oxygen atoms in total. The van der Waals surface area contributed by atoms with Gasteiger partial charge in [-0.25, -0.2) is 0 Å². The maximum atomic E-state index is 12.4. The Bertz CT molecular complexity index is 493. The fraction of sp³-hybridized carbons (Fsp3) is 0.667. The van der Waals surface area contributed by atoms with E-state index >= 15 is 0 Å². The van der Waals surface area contributed by atoms with Gasteiger partial charge in [0.15, 0.2) is 0 Å². The minimum Gasteiger partial charge on any atom is -0.355 e. The molecule has 1 unspecified atom stereocenters. The van der Waals surface area contributed by atoms with Crippen molar-refractivity contribution in [1.29, 1.82) is 0 Å². The van der Waals surface area contributed by atoms with E-state index in [1.807, 2.05) is 0 Å². The summed E-state index contributed by atoms with van der Waals surface area (Å²) < 4.78 is 0. The van der Waals surface area contributed by atoms with Crippen LogP contribution in [0, 0.1) is 5.92 Å². The maximum Gasteiger partial charge on any atom is 0.223 e. The number of carbonyl (C=O) groups excluding carboxylic acids is 1. The molecule has 1 amide bonds. The normalized spacial score (nSPS) is 17.6. The highest BCUT2D eigenvalue weighted by atomic mass is 16.1. The van der Waals surface area contributed by atoms with E-state index in [4.69, 9.17) is 0 Å². The maximum absolute atomic E-state index is 12.4. The standard InChI is InChI=1S/C21H35N3O/c1-4-23(5-2)16-13-22-21(25)20-11-14-24(15-12-20)17-18(3)19-9-7-6-8-10-19/h6-10,18,20H,4-5,11-17H2,1-3H3,(H,22,25). The molecule has 0 aromatic heterocycles. The molecule has 1 aliphatic rings. The Balaban J connectivity index is 1.67. The lowest BCUT2D eigenvalue weighted by Crippen LogP contribution is -2.43. The molecule has 1 fully saturated rings. The highest BCUT2D eigenvalue weighted by Gasteiger charge is 2.25. The fourth-order valence-corrected chi connectivity index (χ4v) is 3.67. The first-order valence-corrected chi connectivity index (χ1v) is 9.91. The average Bonchev–Trinajstić information content (AvgIpc) is 2.66. The van der Waals surface area contributed by atoms with E-state index in [2.05, 4.69) is 66.2 Å². The SMILES string of the molecule is CCN(CC)CCNC(=O)C1CCN(CC(C)c2ccccc2)CC1. The topological polar surface area (TPSA) is 35.6 Å². The smallest absolute Gasteiger partial charge is 0.223 e. The van der Waals surface area contributed by atoms with Crippen LogP contribution in [0.3, 0.4) is 0 Å². The monoisotopic (exact) mass is 345 g/mol. The van der Waals surface area contributed by atoms with Crippen LogP contribution in [0.25, 0.3) is 0 Å². The summed E-state index contributed by atoms with van der Waals surface area (Å²) in [6, 6.07) is 10.7. The molecule has 1 saturated heterocycles. The number of carbonyl (C=O) groups is 1. The van der Waals surface area contributed by atoms with Gasteiger partial charge in [0.1, 0.15) is 0 Å². The van der Waals surface area contributed by atoms with Crippen LogP contribution in [-0.2, 0) is 4.79 Å². The molecule has 1 heterocycles. The van der Waals surface area contributed by atoms with Gasteiger partial charge in [-0.1, -0.05) is 51.1 Å². The van der Waals surface area contributed by atoms with Gasteiger partial charge < -0.3 is 15.1 Å². The van der Waals surface area contributed by atoms with E-state index in [1.165, 1.54) is 5.56 Å². The van der Waals surface area contributed by atoms with Gasteiger partial charge in [0.25, 0.3) is 0 Å². The zero-order valence-corrected chi connectivity index (χ0v) is 16.2. The molecular formula is C21H35N3O. The number of benzene rings is 1. The number of piperidine rings is 1. The summed E-state index contributed by atoms with van der Waals surface area (Å²) in [6.45, 7) is 13.6. The number of rotatable bonds is 9. The third-order valence-electron chi connectivity index (χ3n) is 5.48. The molecule has 0 saturated carbocycles. The van der Waals surface area contributed by atoms with Crippen LogP contribution in [-0.4, -0.2) is 61.5 Å². The number of hydrogen-bond donors (Lipinski definition) is 1. The highest BCUT2D eigenvalue weighted by Crippen LogP contribution is 2.21. The van der Waals surface area contributed by atoms with E-state index in [9.17, 15) is 4.79 Å². The van der Waals surface area contributed by atoms with Crippen molar-refractivity contribution in [2.75, 3.05) is 45.8 Å². The third kappa shape index (κ3) is 6.44. The van der Waals surface area contributed by atoms with Crippen molar-refractivity contribution in [1.82, 2.24) is 15.1 Å². The van der Waals surface area contributed by atoms with Gasteiger partial charge >= 0.3 is 0 Å². The predicted molar refractivity (Wildman–Crippen MR) is 105 cm³/mol. The summed E-state index contributed by atoms with van der Waals surface area (Å²) in [7, 11) is 0. The van der Waals surface area contributed by atoms with Crippen molar-refractivity contribution in [2.45, 2.75) is 39.5 Å². The summed E-state index contributed by atoms with van der Waals surface area (Å²) in [4.78, 5) is 17.2. The van der Waals surface area contributed by atoms with Crippen LogP contribution in [0.1, 0.15) is 45.1 Å². The molecule has 1 aliphatic heterocycles. The van der Waals surface area contributed by atoms with Gasteiger partial charge in [0, 0.05) is 25.6 Å². The minimum absolute atomic E-state index is 0.194. The lowest BCUT2D eigenvalue weighted by molar-refractivity contribution is -0.126. The van der Waals surface area contributed by atoms with Gasteiger partial charge in [-0.3, -0.25) is 4.79 Å². The molecule has 0 spiro atoms. The lowest BCUT2D eigenvalue weighted by Gasteiger charge is -2.33. The van der Waals surface area contributed by atoms with Crippen molar-refractivity contribution in [3.05, 3.63) is 35.9 Å². The van der Waals surface area contributed by atoms with Crippen molar-refractivity contribution in [2.24, 2.45) is 5.92 Å². The van der Waals surface area contributed by atoms with E-state index in [-0.39, 0.29) is 11.8 Å². The Morgan fingerprint density at radius 2 is 1.84 bits per heavy atom. The molecule has 0 aliphatic carbocycles. The first-order chi connectivity index (χ1) is 12.1. The van der Waals surface area contributed by atoms with Crippen molar-refractivity contribution >= 4 is 5.91 Å². The summed E-state index contributed by atoms with van der Waals surface area (Å²) in [6.07, 6.45) is 1.97. The molecule has 25 heavy (non-hydrogen) atoms. The molecule has 1 atom stereocenters. The number of hydrogen-bond acceptors (Lipinski definition) is 3. The largest absolute Gasteiger partial charge is 0.355 e. The van der Waals surface area contributed by atoms with Gasteiger partial charge in [0.2, 0.25) is 5.91 Å². The highest BCUT2D eigenvalue weighted by molar-refractivity contribution is 5.78. The number of amides is 1. The molecule has 140 valence electrons. The molecule has 1 aromatic rings. The molecule has 4 heteroatoms. The third-order valence-corrected chi connectivity index (χ3v) is 5.48. The van der Waals surface area contributed by atoms with E-state index in [0.29, 0.717) is 5.92 Å². The Kier molecular flexibility index (Phi) is 8.42. The second-order valence-corrected chi connectivity index (χ2v) is 7.20. The van der Waals surface area contributed by atoms with E-state index < -0.39 is 0 Å². The molecule has 0 bridgehead atoms. The Morgan fingerprint density at radius 3 is 2.44 bits per heavy atom. The van der Waals surface area contributed by atoms with Crippen LogP contribution < -0.4 is 5.32 Å². The van der Waals surface area contributed by atoms with Gasteiger partial charge in [-0.2, -0.15) is 0 Å².